The summed E-state index contributed by atoms with van der Waals surface area (Å²) in [5.74, 6) is -0.547. The molecule has 1 heterocycles. The third kappa shape index (κ3) is 5.34. The second-order valence-corrected chi connectivity index (χ2v) is 8.43. The lowest BCUT2D eigenvalue weighted by Gasteiger charge is -2.13. The van der Waals surface area contributed by atoms with Gasteiger partial charge in [-0.05, 0) is 59.2 Å². The number of carboxylic acids is 1. The van der Waals surface area contributed by atoms with Crippen LogP contribution < -0.4 is 4.74 Å². The Morgan fingerprint density at radius 1 is 1.38 bits per heavy atom. The second-order valence-electron chi connectivity index (χ2n) is 5.59. The molecule has 0 spiro atoms. The van der Waals surface area contributed by atoms with E-state index >= 15 is 0 Å². The summed E-state index contributed by atoms with van der Waals surface area (Å²) >= 11 is 8.53. The summed E-state index contributed by atoms with van der Waals surface area (Å²) in [6.45, 7) is 0.484. The normalized spacial score (nSPS) is 15.8. The number of thiocarbonyl (C=S) groups is 1. The Balaban J connectivity index is 2.05. The number of benzene rings is 1. The van der Waals surface area contributed by atoms with E-state index in [1.54, 1.807) is 23.1 Å². The Labute approximate surface area is 174 Å². The van der Waals surface area contributed by atoms with Crippen LogP contribution in [0.25, 0.3) is 6.08 Å². The molecule has 1 saturated heterocycles. The van der Waals surface area contributed by atoms with Gasteiger partial charge >= 0.3 is 5.97 Å². The third-order valence-electron chi connectivity index (χ3n) is 3.71. The molecule has 1 aliphatic heterocycles. The molecule has 0 unspecified atom stereocenters. The molecule has 6 nitrogen and oxygen atoms in total. The number of amides is 1. The van der Waals surface area contributed by atoms with Gasteiger partial charge in [0, 0.05) is 13.0 Å². The number of hydrogen-bond acceptors (Lipinski definition) is 6. The minimum absolute atomic E-state index is 0.0687. The molecule has 0 atom stereocenters. The highest BCUT2D eigenvalue weighted by molar-refractivity contribution is 14.1. The van der Waals surface area contributed by atoms with Crippen LogP contribution in [0.5, 0.6) is 11.5 Å². The molecule has 0 radical (unpaired) electrons. The summed E-state index contributed by atoms with van der Waals surface area (Å²) in [7, 11) is 1.47. The second kappa shape index (κ2) is 9.56. The number of phenolic OH excluding ortho intramolecular Hbond substituents is 1. The summed E-state index contributed by atoms with van der Waals surface area (Å²) < 4.78 is 6.27. The number of aliphatic carboxylic acids is 1. The molecule has 0 aromatic heterocycles. The molecule has 26 heavy (non-hydrogen) atoms. The van der Waals surface area contributed by atoms with E-state index in [1.165, 1.54) is 18.9 Å². The highest BCUT2D eigenvalue weighted by atomic mass is 127. The van der Waals surface area contributed by atoms with Crippen molar-refractivity contribution in [3.8, 4) is 11.5 Å². The van der Waals surface area contributed by atoms with E-state index in [-0.39, 0.29) is 18.1 Å². The van der Waals surface area contributed by atoms with Crippen LogP contribution in [0.3, 0.4) is 0 Å². The molecule has 9 heteroatoms. The summed E-state index contributed by atoms with van der Waals surface area (Å²) in [5, 5.41) is 18.5. The molecule has 140 valence electrons. The van der Waals surface area contributed by atoms with Gasteiger partial charge in [-0.1, -0.05) is 30.4 Å². The number of carbonyl (C=O) groups is 2. The summed E-state index contributed by atoms with van der Waals surface area (Å²) in [6, 6.07) is 3.42. The molecule has 1 aliphatic rings. The lowest BCUT2D eigenvalue weighted by Crippen LogP contribution is -2.29. The van der Waals surface area contributed by atoms with Gasteiger partial charge in [0.25, 0.3) is 5.91 Å². The first-order valence-corrected chi connectivity index (χ1v) is 10.2. The maximum atomic E-state index is 12.6. The Morgan fingerprint density at radius 3 is 2.77 bits per heavy atom. The number of ether oxygens (including phenoxy) is 1. The third-order valence-corrected chi connectivity index (χ3v) is 5.91. The van der Waals surface area contributed by atoms with Crippen LogP contribution in [0.1, 0.15) is 31.2 Å². The Morgan fingerprint density at radius 2 is 2.12 bits per heavy atom. The van der Waals surface area contributed by atoms with E-state index in [2.05, 4.69) is 0 Å². The van der Waals surface area contributed by atoms with Crippen molar-refractivity contribution in [2.75, 3.05) is 13.7 Å². The first kappa shape index (κ1) is 21.0. The minimum Gasteiger partial charge on any atom is -0.504 e. The molecule has 1 aromatic rings. The number of rotatable bonds is 8. The van der Waals surface area contributed by atoms with Gasteiger partial charge in [-0.15, -0.1) is 0 Å². The number of nitrogens with zero attached hydrogens (tertiary/aromatic N) is 1. The van der Waals surface area contributed by atoms with Gasteiger partial charge < -0.3 is 14.9 Å². The number of carbonyl (C=O) groups excluding carboxylic acids is 1. The van der Waals surface area contributed by atoms with Crippen molar-refractivity contribution in [3.05, 3.63) is 26.2 Å². The highest BCUT2D eigenvalue weighted by Gasteiger charge is 2.31. The minimum atomic E-state index is -0.808. The molecular formula is C17H18INO5S2. The quantitative estimate of drug-likeness (QED) is 0.239. The van der Waals surface area contributed by atoms with Crippen molar-refractivity contribution in [1.82, 2.24) is 4.90 Å². The smallest absolute Gasteiger partial charge is 0.303 e. The number of carboxylic acid groups (broad SMARTS) is 1. The number of phenols is 1. The van der Waals surface area contributed by atoms with Gasteiger partial charge in [0.05, 0.1) is 15.6 Å². The number of unbranched alkanes of at least 4 members (excludes halogenated alkanes) is 2. The molecule has 2 N–H and O–H groups in total. The average Bonchev–Trinajstić information content (AvgIpc) is 2.84. The number of aromatic hydroxyl groups is 1. The molecule has 1 fully saturated rings. The molecular weight excluding hydrogens is 489 g/mol. The number of methoxy groups -OCH3 is 1. The van der Waals surface area contributed by atoms with E-state index in [1.807, 2.05) is 22.6 Å². The van der Waals surface area contributed by atoms with Gasteiger partial charge in [0.2, 0.25) is 0 Å². The summed E-state index contributed by atoms with van der Waals surface area (Å²) in [5.41, 5.74) is 0.742. The fourth-order valence-corrected chi connectivity index (χ4v) is 4.33. The zero-order valence-electron chi connectivity index (χ0n) is 14.0. The van der Waals surface area contributed by atoms with Crippen LogP contribution in [0.2, 0.25) is 0 Å². The molecule has 0 saturated carbocycles. The van der Waals surface area contributed by atoms with Crippen molar-refractivity contribution >= 4 is 68.8 Å². The lowest BCUT2D eigenvalue weighted by atomic mass is 10.1. The Kier molecular flexibility index (Phi) is 7.71. The standard InChI is InChI=1S/C17H18INO5S2/c1-24-12-8-10(7-11(18)15(12)22)9-13-16(23)19(17(25)26-13)6-4-2-3-5-14(20)21/h7-9,22H,2-6H2,1H3,(H,20,21)/b13-9+. The SMILES string of the molecule is COc1cc(/C=C2/SC(=S)N(CCCCCC(=O)O)C2=O)cc(I)c1O. The van der Waals surface area contributed by atoms with Crippen molar-refractivity contribution < 1.29 is 24.5 Å². The zero-order valence-corrected chi connectivity index (χ0v) is 17.8. The van der Waals surface area contributed by atoms with Gasteiger partial charge in [-0.3, -0.25) is 14.5 Å². The van der Waals surface area contributed by atoms with Crippen LogP contribution >= 0.6 is 46.6 Å². The van der Waals surface area contributed by atoms with Crippen LogP contribution in [0, 0.1) is 3.57 Å². The van der Waals surface area contributed by atoms with Crippen LogP contribution in [0.4, 0.5) is 0 Å². The monoisotopic (exact) mass is 507 g/mol. The Bertz CT molecular complexity index is 766. The predicted molar refractivity (Wildman–Crippen MR) is 113 cm³/mol. The van der Waals surface area contributed by atoms with Crippen molar-refractivity contribution in [1.29, 1.82) is 0 Å². The molecule has 2 rings (SSSR count). The average molecular weight is 507 g/mol. The fraction of sp³-hybridized carbons (Fsp3) is 0.353. The predicted octanol–water partition coefficient (Wildman–Crippen LogP) is 3.85. The maximum absolute atomic E-state index is 12.6. The lowest BCUT2D eigenvalue weighted by molar-refractivity contribution is -0.137. The molecule has 0 aliphatic carbocycles. The maximum Gasteiger partial charge on any atom is 0.303 e. The topological polar surface area (TPSA) is 87.1 Å². The van der Waals surface area contributed by atoms with Crippen molar-refractivity contribution in [2.24, 2.45) is 0 Å². The zero-order chi connectivity index (χ0) is 19.3. The summed E-state index contributed by atoms with van der Waals surface area (Å²) in [4.78, 5) is 25.1. The largest absolute Gasteiger partial charge is 0.504 e. The molecule has 1 amide bonds. The van der Waals surface area contributed by atoms with E-state index < -0.39 is 5.97 Å². The van der Waals surface area contributed by atoms with Crippen LogP contribution in [-0.2, 0) is 9.59 Å². The molecule has 1 aromatic carbocycles. The van der Waals surface area contributed by atoms with E-state index in [0.29, 0.717) is 37.9 Å². The van der Waals surface area contributed by atoms with E-state index in [0.717, 1.165) is 12.0 Å². The number of thioether (sulfide) groups is 1. The van der Waals surface area contributed by atoms with Gasteiger partial charge in [0.1, 0.15) is 4.32 Å². The van der Waals surface area contributed by atoms with E-state index in [9.17, 15) is 14.7 Å². The van der Waals surface area contributed by atoms with E-state index in [4.69, 9.17) is 22.1 Å². The van der Waals surface area contributed by atoms with Crippen LogP contribution in [0.15, 0.2) is 17.0 Å². The van der Waals surface area contributed by atoms with Crippen molar-refractivity contribution in [3.63, 3.8) is 0 Å². The fourth-order valence-electron chi connectivity index (χ4n) is 2.40. The molecule has 0 bridgehead atoms. The first-order chi connectivity index (χ1) is 12.3. The Hall–Kier alpha value is -1.33. The number of hydrogen-bond donors (Lipinski definition) is 2. The van der Waals surface area contributed by atoms with Crippen molar-refractivity contribution in [2.45, 2.75) is 25.7 Å². The van der Waals surface area contributed by atoms with Crippen LogP contribution in [-0.4, -0.2) is 45.0 Å². The van der Waals surface area contributed by atoms with Gasteiger partial charge in [0.15, 0.2) is 11.5 Å². The first-order valence-electron chi connectivity index (χ1n) is 7.87. The highest BCUT2D eigenvalue weighted by Crippen LogP contribution is 2.36. The van der Waals surface area contributed by atoms with Gasteiger partial charge in [-0.2, -0.15) is 0 Å². The number of halogens is 1. The van der Waals surface area contributed by atoms with Gasteiger partial charge in [-0.25, -0.2) is 0 Å². The summed E-state index contributed by atoms with van der Waals surface area (Å²) in [6.07, 6.45) is 3.90.